The number of nitrogens with one attached hydrogen (secondary N) is 2. The number of esters is 1. The lowest BCUT2D eigenvalue weighted by molar-refractivity contribution is -0.145. The predicted octanol–water partition coefficient (Wildman–Crippen LogP) is 4.27. The van der Waals surface area contributed by atoms with E-state index in [4.69, 9.17) is 4.74 Å². The first-order valence-electron chi connectivity index (χ1n) is 10.7. The van der Waals surface area contributed by atoms with E-state index in [0.29, 0.717) is 17.5 Å². The molecule has 3 aromatic rings. The summed E-state index contributed by atoms with van der Waals surface area (Å²) in [7, 11) is 1.26. The number of hydrogen-bond acceptors (Lipinski definition) is 6. The monoisotopic (exact) mass is 445 g/mol. The number of ether oxygens (including phenoxy) is 1. The van der Waals surface area contributed by atoms with E-state index in [9.17, 15) is 20.0 Å². The number of hydrogen-bond donors (Lipinski definition) is 3. The highest BCUT2D eigenvalue weighted by Gasteiger charge is 2.28. The average molecular weight is 446 g/mol. The molecule has 3 rings (SSSR count). The van der Waals surface area contributed by atoms with Gasteiger partial charge in [0, 0.05) is 16.5 Å². The molecular weight excluding hydrogens is 418 g/mol. The van der Waals surface area contributed by atoms with Crippen LogP contribution < -0.4 is 10.6 Å². The van der Waals surface area contributed by atoms with Gasteiger partial charge in [0.05, 0.1) is 18.7 Å². The first-order chi connectivity index (χ1) is 15.8. The number of nitriles is 1. The third kappa shape index (κ3) is 5.60. The lowest BCUT2D eigenvalue weighted by Crippen LogP contribution is -2.44. The zero-order chi connectivity index (χ0) is 24.0. The maximum Gasteiger partial charge on any atom is 0.333 e. The van der Waals surface area contributed by atoms with Gasteiger partial charge in [0.1, 0.15) is 11.8 Å². The molecule has 0 aliphatic rings. The van der Waals surface area contributed by atoms with E-state index in [1.54, 1.807) is 24.3 Å². The van der Waals surface area contributed by atoms with Crippen LogP contribution in [-0.4, -0.2) is 30.1 Å². The Morgan fingerprint density at radius 2 is 1.70 bits per heavy atom. The summed E-state index contributed by atoms with van der Waals surface area (Å²) in [4.78, 5) is 25.8. The normalized spacial score (nSPS) is 12.6. The van der Waals surface area contributed by atoms with Crippen molar-refractivity contribution in [1.29, 1.82) is 5.26 Å². The van der Waals surface area contributed by atoms with E-state index in [2.05, 4.69) is 16.7 Å². The van der Waals surface area contributed by atoms with Crippen molar-refractivity contribution in [3.8, 4) is 11.8 Å². The first-order valence-corrected chi connectivity index (χ1v) is 10.7. The van der Waals surface area contributed by atoms with Crippen LogP contribution in [0.1, 0.15) is 37.4 Å². The van der Waals surface area contributed by atoms with E-state index in [0.717, 1.165) is 16.5 Å². The maximum atomic E-state index is 13.3. The minimum Gasteiger partial charge on any atom is -0.508 e. The molecule has 7 heteroatoms. The molecule has 0 saturated carbocycles. The highest BCUT2D eigenvalue weighted by atomic mass is 16.5. The van der Waals surface area contributed by atoms with Gasteiger partial charge in [-0.1, -0.05) is 50.2 Å². The van der Waals surface area contributed by atoms with Crippen LogP contribution in [0.3, 0.4) is 0 Å². The number of carbonyl (C=O) groups excluding carboxylic acids is 2. The minimum absolute atomic E-state index is 0.0562. The zero-order valence-electron chi connectivity index (χ0n) is 18.8. The summed E-state index contributed by atoms with van der Waals surface area (Å²) in [6, 6.07) is 17.6. The van der Waals surface area contributed by atoms with Crippen LogP contribution in [0.5, 0.6) is 5.75 Å². The average Bonchev–Trinajstić information content (AvgIpc) is 2.82. The Morgan fingerprint density at radius 3 is 2.30 bits per heavy atom. The summed E-state index contributed by atoms with van der Waals surface area (Å²) >= 11 is 0. The molecule has 33 heavy (non-hydrogen) atoms. The zero-order valence-corrected chi connectivity index (χ0v) is 18.8. The number of rotatable bonds is 8. The number of fused-ring (bicyclic) bond motifs is 1. The second kappa shape index (κ2) is 10.5. The first kappa shape index (κ1) is 23.6. The Morgan fingerprint density at radius 1 is 1.03 bits per heavy atom. The molecule has 0 spiro atoms. The number of methoxy groups -OCH3 is 1. The van der Waals surface area contributed by atoms with Crippen LogP contribution in [0.15, 0.2) is 60.7 Å². The Kier molecular flexibility index (Phi) is 7.52. The van der Waals surface area contributed by atoms with Crippen LogP contribution >= 0.6 is 0 Å². The summed E-state index contributed by atoms with van der Waals surface area (Å²) < 4.78 is 4.89. The standard InChI is InChI=1S/C26H27N3O4/c1-16(2)14-23(28-22-13-10-18(15-27)20-6-4-5-7-21(20)22)25(31)29-24(26(32)33-3)17-8-11-19(30)12-9-17/h4-13,16,23-24,28,30H,14H2,1-3H3,(H,29,31)/t23-,24-/m0/s1. The lowest BCUT2D eigenvalue weighted by atomic mass is 9.99. The van der Waals surface area contributed by atoms with Gasteiger partial charge in [-0.3, -0.25) is 4.79 Å². The second-order valence-corrected chi connectivity index (χ2v) is 8.20. The van der Waals surface area contributed by atoms with E-state index in [-0.39, 0.29) is 17.6 Å². The molecule has 170 valence electrons. The lowest BCUT2D eigenvalue weighted by Gasteiger charge is -2.25. The van der Waals surface area contributed by atoms with Crippen molar-refractivity contribution >= 4 is 28.3 Å². The SMILES string of the molecule is COC(=O)[C@@H](NC(=O)[C@H](CC(C)C)Nc1ccc(C#N)c2ccccc12)c1ccc(O)cc1. The molecule has 1 amide bonds. The van der Waals surface area contributed by atoms with Crippen molar-refractivity contribution in [2.45, 2.75) is 32.4 Å². The van der Waals surface area contributed by atoms with Gasteiger partial charge >= 0.3 is 5.97 Å². The molecular formula is C26H27N3O4. The fraction of sp³-hybridized carbons (Fsp3) is 0.269. The number of anilines is 1. The van der Waals surface area contributed by atoms with Gasteiger partial charge in [0.2, 0.25) is 5.91 Å². The molecule has 0 aliphatic heterocycles. The Balaban J connectivity index is 1.92. The van der Waals surface area contributed by atoms with Gasteiger partial charge in [-0.15, -0.1) is 0 Å². The summed E-state index contributed by atoms with van der Waals surface area (Å²) in [5.41, 5.74) is 1.78. The summed E-state index contributed by atoms with van der Waals surface area (Å²) in [5, 5.41) is 26.7. The molecule has 0 aliphatic carbocycles. The second-order valence-electron chi connectivity index (χ2n) is 8.20. The van der Waals surface area contributed by atoms with Crippen molar-refractivity contribution in [1.82, 2.24) is 5.32 Å². The van der Waals surface area contributed by atoms with Crippen molar-refractivity contribution < 1.29 is 19.4 Å². The largest absolute Gasteiger partial charge is 0.508 e. The molecule has 2 atom stereocenters. The minimum atomic E-state index is -1.02. The molecule has 3 aromatic carbocycles. The van der Waals surface area contributed by atoms with Gasteiger partial charge < -0.3 is 20.5 Å². The number of nitrogens with zero attached hydrogens (tertiary/aromatic N) is 1. The van der Waals surface area contributed by atoms with Crippen LogP contribution in [0.2, 0.25) is 0 Å². The molecule has 7 nitrogen and oxygen atoms in total. The van der Waals surface area contributed by atoms with Crippen LogP contribution in [0.4, 0.5) is 5.69 Å². The molecule has 0 saturated heterocycles. The third-order valence-corrected chi connectivity index (χ3v) is 5.35. The quantitative estimate of drug-likeness (QED) is 0.447. The van der Waals surface area contributed by atoms with Gasteiger partial charge in [-0.25, -0.2) is 4.79 Å². The Bertz CT molecular complexity index is 1180. The number of amides is 1. The number of phenols is 1. The summed E-state index contributed by atoms with van der Waals surface area (Å²) in [5.74, 6) is -0.717. The van der Waals surface area contributed by atoms with Gasteiger partial charge in [0.15, 0.2) is 6.04 Å². The van der Waals surface area contributed by atoms with Crippen LogP contribution in [-0.2, 0) is 14.3 Å². The summed E-state index contributed by atoms with van der Waals surface area (Å²) in [6.07, 6.45) is 0.517. The fourth-order valence-corrected chi connectivity index (χ4v) is 3.72. The number of benzene rings is 3. The van der Waals surface area contributed by atoms with Crippen molar-refractivity contribution in [2.75, 3.05) is 12.4 Å². The van der Waals surface area contributed by atoms with E-state index < -0.39 is 18.1 Å². The fourth-order valence-electron chi connectivity index (χ4n) is 3.72. The van der Waals surface area contributed by atoms with Crippen LogP contribution in [0, 0.1) is 17.2 Å². The predicted molar refractivity (Wildman–Crippen MR) is 127 cm³/mol. The molecule has 0 radical (unpaired) electrons. The summed E-state index contributed by atoms with van der Waals surface area (Å²) in [6.45, 7) is 4.02. The van der Waals surface area contributed by atoms with Gasteiger partial charge in [0.25, 0.3) is 0 Å². The maximum absolute atomic E-state index is 13.3. The molecule has 3 N–H and O–H groups in total. The smallest absolute Gasteiger partial charge is 0.333 e. The van der Waals surface area contributed by atoms with E-state index in [1.807, 2.05) is 38.1 Å². The number of phenolic OH excluding ortho intramolecular Hbond substituents is 1. The van der Waals surface area contributed by atoms with E-state index in [1.165, 1.54) is 19.2 Å². The van der Waals surface area contributed by atoms with Crippen molar-refractivity contribution in [3.05, 3.63) is 71.8 Å². The van der Waals surface area contributed by atoms with Gasteiger partial charge in [-0.2, -0.15) is 5.26 Å². The van der Waals surface area contributed by atoms with Crippen LogP contribution in [0.25, 0.3) is 10.8 Å². The third-order valence-electron chi connectivity index (χ3n) is 5.35. The highest BCUT2D eigenvalue weighted by Crippen LogP contribution is 2.28. The topological polar surface area (TPSA) is 111 Å². The van der Waals surface area contributed by atoms with Crippen molar-refractivity contribution in [2.24, 2.45) is 5.92 Å². The molecule has 0 bridgehead atoms. The molecule has 0 aromatic heterocycles. The number of carbonyl (C=O) groups is 2. The van der Waals surface area contributed by atoms with E-state index >= 15 is 0 Å². The number of aromatic hydroxyl groups is 1. The Labute approximate surface area is 193 Å². The van der Waals surface area contributed by atoms with Crippen molar-refractivity contribution in [3.63, 3.8) is 0 Å². The molecule has 0 unspecified atom stereocenters. The highest BCUT2D eigenvalue weighted by molar-refractivity contribution is 5.99. The van der Waals surface area contributed by atoms with Gasteiger partial charge in [-0.05, 0) is 42.2 Å². The molecule has 0 fully saturated rings. The molecule has 0 heterocycles. The Hall–Kier alpha value is -4.05.